The van der Waals surface area contributed by atoms with Crippen molar-refractivity contribution in [3.05, 3.63) is 58.6 Å². The molecule has 0 spiro atoms. The van der Waals surface area contributed by atoms with Gasteiger partial charge in [0.05, 0.1) is 4.90 Å². The van der Waals surface area contributed by atoms with E-state index < -0.39 is 15.9 Å². The summed E-state index contributed by atoms with van der Waals surface area (Å²) in [5.74, 6) is -0.204. The van der Waals surface area contributed by atoms with E-state index in [-0.39, 0.29) is 22.4 Å². The molecule has 1 heterocycles. The molecule has 8 nitrogen and oxygen atoms in total. The summed E-state index contributed by atoms with van der Waals surface area (Å²) < 4.78 is 33.5. The fraction of sp³-hybridized carbons (Fsp3) is 0.286. The van der Waals surface area contributed by atoms with Crippen LogP contribution >= 0.6 is 15.9 Å². The van der Waals surface area contributed by atoms with E-state index in [1.165, 1.54) is 28.6 Å². The third-order valence-corrected chi connectivity index (χ3v) is 6.88. The number of sulfonamides is 1. The molecule has 1 aromatic heterocycles. The molecule has 0 saturated carbocycles. The van der Waals surface area contributed by atoms with Crippen LogP contribution in [0.2, 0.25) is 0 Å². The number of amides is 1. The lowest BCUT2D eigenvalue weighted by atomic mass is 10.2. The van der Waals surface area contributed by atoms with Crippen molar-refractivity contribution in [3.63, 3.8) is 0 Å². The zero-order valence-electron chi connectivity index (χ0n) is 17.2. The maximum atomic E-state index is 12.8. The monoisotopic (exact) mass is 506 g/mol. The molecule has 31 heavy (non-hydrogen) atoms. The molecular formula is C21H23BrN4O4S. The van der Waals surface area contributed by atoms with Gasteiger partial charge in [-0.25, -0.2) is 8.42 Å². The van der Waals surface area contributed by atoms with Gasteiger partial charge in [0.25, 0.3) is 5.91 Å². The zero-order chi connectivity index (χ0) is 22.4. The van der Waals surface area contributed by atoms with Crippen molar-refractivity contribution >= 4 is 37.9 Å². The molecule has 0 aliphatic rings. The summed E-state index contributed by atoms with van der Waals surface area (Å²) in [6, 6.07) is 13.1. The largest absolute Gasteiger partial charge is 0.403 e. The number of aromatic nitrogens is 2. The van der Waals surface area contributed by atoms with Crippen LogP contribution in [0.3, 0.4) is 0 Å². The summed E-state index contributed by atoms with van der Waals surface area (Å²) in [7, 11) is -3.60. The van der Waals surface area contributed by atoms with Gasteiger partial charge in [-0.2, -0.15) is 4.31 Å². The van der Waals surface area contributed by atoms with Gasteiger partial charge in [-0.3, -0.25) is 10.1 Å². The van der Waals surface area contributed by atoms with E-state index in [1.807, 2.05) is 38.1 Å². The van der Waals surface area contributed by atoms with Crippen LogP contribution in [0.25, 0.3) is 11.5 Å². The second-order valence-corrected chi connectivity index (χ2v) is 9.66. The van der Waals surface area contributed by atoms with Crippen molar-refractivity contribution in [2.45, 2.75) is 31.6 Å². The predicted octanol–water partition coefficient (Wildman–Crippen LogP) is 4.56. The lowest BCUT2D eigenvalue weighted by molar-refractivity contribution is 0.102. The summed E-state index contributed by atoms with van der Waals surface area (Å²) in [4.78, 5) is 12.7. The van der Waals surface area contributed by atoms with Crippen molar-refractivity contribution < 1.29 is 17.6 Å². The Hall–Kier alpha value is -2.56. The third-order valence-electron chi connectivity index (χ3n) is 4.44. The van der Waals surface area contributed by atoms with Crippen LogP contribution in [-0.4, -0.2) is 41.9 Å². The Kier molecular flexibility index (Phi) is 7.58. The Morgan fingerprint density at radius 2 is 1.61 bits per heavy atom. The molecule has 164 valence electrons. The van der Waals surface area contributed by atoms with E-state index in [1.54, 1.807) is 0 Å². The Morgan fingerprint density at radius 3 is 2.19 bits per heavy atom. The van der Waals surface area contributed by atoms with Crippen LogP contribution in [0.1, 0.15) is 37.0 Å². The van der Waals surface area contributed by atoms with Gasteiger partial charge in [-0.15, -0.1) is 5.10 Å². The maximum Gasteiger partial charge on any atom is 0.322 e. The van der Waals surface area contributed by atoms with Gasteiger partial charge in [0.2, 0.25) is 15.9 Å². The first-order chi connectivity index (χ1) is 14.8. The van der Waals surface area contributed by atoms with Gasteiger partial charge in [0.1, 0.15) is 0 Å². The smallest absolute Gasteiger partial charge is 0.322 e. The minimum absolute atomic E-state index is 0.0447. The molecule has 0 radical (unpaired) electrons. The Labute approximate surface area is 189 Å². The molecule has 0 aliphatic carbocycles. The topological polar surface area (TPSA) is 105 Å². The predicted molar refractivity (Wildman–Crippen MR) is 121 cm³/mol. The van der Waals surface area contributed by atoms with Gasteiger partial charge in [-0.1, -0.05) is 34.9 Å². The van der Waals surface area contributed by atoms with E-state index in [9.17, 15) is 13.2 Å². The van der Waals surface area contributed by atoms with Crippen LogP contribution in [0.15, 0.2) is 62.3 Å². The summed E-state index contributed by atoms with van der Waals surface area (Å²) >= 11 is 3.36. The minimum atomic E-state index is -3.60. The second kappa shape index (κ2) is 10.2. The summed E-state index contributed by atoms with van der Waals surface area (Å²) in [5.41, 5.74) is 0.995. The standard InChI is InChI=1S/C21H23BrN4O4S/c1-3-13-26(14-4-2)31(28,29)18-11-7-15(8-12-18)19(27)23-21-25-24-20(30-21)16-5-9-17(22)10-6-16/h5-12H,3-4,13-14H2,1-2H3,(H,23,25,27). The summed E-state index contributed by atoms with van der Waals surface area (Å²) in [6.45, 7) is 4.78. The highest BCUT2D eigenvalue weighted by Crippen LogP contribution is 2.22. The Balaban J connectivity index is 1.71. The minimum Gasteiger partial charge on any atom is -0.403 e. The van der Waals surface area contributed by atoms with Crippen LogP contribution in [0, 0.1) is 0 Å². The molecule has 3 rings (SSSR count). The average Bonchev–Trinajstić information content (AvgIpc) is 3.22. The van der Waals surface area contributed by atoms with Gasteiger partial charge in [-0.05, 0) is 61.4 Å². The number of carbonyl (C=O) groups excluding carboxylic acids is 1. The van der Waals surface area contributed by atoms with Crippen LogP contribution in [0.5, 0.6) is 0 Å². The van der Waals surface area contributed by atoms with E-state index in [2.05, 4.69) is 31.4 Å². The van der Waals surface area contributed by atoms with Gasteiger partial charge in [0, 0.05) is 28.7 Å². The molecule has 0 fully saturated rings. The first kappa shape index (κ1) is 23.1. The molecule has 0 saturated heterocycles. The number of benzene rings is 2. The quantitative estimate of drug-likeness (QED) is 0.455. The lowest BCUT2D eigenvalue weighted by Gasteiger charge is -2.21. The van der Waals surface area contributed by atoms with Gasteiger partial charge in [0.15, 0.2) is 0 Å². The van der Waals surface area contributed by atoms with Gasteiger partial charge < -0.3 is 4.42 Å². The van der Waals surface area contributed by atoms with Crippen LogP contribution in [0.4, 0.5) is 6.01 Å². The fourth-order valence-electron chi connectivity index (χ4n) is 2.93. The van der Waals surface area contributed by atoms with E-state index in [0.717, 1.165) is 22.9 Å². The zero-order valence-corrected chi connectivity index (χ0v) is 19.6. The molecule has 3 aromatic rings. The third kappa shape index (κ3) is 5.57. The number of nitrogens with zero attached hydrogens (tertiary/aromatic N) is 3. The number of carbonyl (C=O) groups is 1. The van der Waals surface area contributed by atoms with E-state index in [4.69, 9.17) is 4.42 Å². The van der Waals surface area contributed by atoms with Crippen molar-refractivity contribution in [1.82, 2.24) is 14.5 Å². The highest BCUT2D eigenvalue weighted by Gasteiger charge is 2.23. The van der Waals surface area contributed by atoms with Crippen molar-refractivity contribution in [2.75, 3.05) is 18.4 Å². The summed E-state index contributed by atoms with van der Waals surface area (Å²) in [6.07, 6.45) is 1.46. The molecule has 10 heteroatoms. The average molecular weight is 507 g/mol. The molecule has 2 aromatic carbocycles. The Morgan fingerprint density at radius 1 is 1.00 bits per heavy atom. The lowest BCUT2D eigenvalue weighted by Crippen LogP contribution is -2.32. The van der Waals surface area contributed by atoms with Crippen molar-refractivity contribution in [1.29, 1.82) is 0 Å². The van der Waals surface area contributed by atoms with Gasteiger partial charge >= 0.3 is 6.01 Å². The molecule has 1 N–H and O–H groups in total. The molecule has 0 bridgehead atoms. The number of nitrogens with one attached hydrogen (secondary N) is 1. The first-order valence-electron chi connectivity index (χ1n) is 9.86. The second-order valence-electron chi connectivity index (χ2n) is 6.80. The fourth-order valence-corrected chi connectivity index (χ4v) is 4.82. The van der Waals surface area contributed by atoms with E-state index in [0.29, 0.717) is 13.1 Å². The highest BCUT2D eigenvalue weighted by molar-refractivity contribution is 9.10. The van der Waals surface area contributed by atoms with E-state index >= 15 is 0 Å². The highest BCUT2D eigenvalue weighted by atomic mass is 79.9. The molecule has 0 aliphatic heterocycles. The van der Waals surface area contributed by atoms with Crippen LogP contribution < -0.4 is 5.32 Å². The molecule has 0 atom stereocenters. The number of hydrogen-bond acceptors (Lipinski definition) is 6. The SMILES string of the molecule is CCCN(CCC)S(=O)(=O)c1ccc(C(=O)Nc2nnc(-c3ccc(Br)cc3)o2)cc1. The summed E-state index contributed by atoms with van der Waals surface area (Å²) in [5, 5.41) is 10.3. The molecule has 0 unspecified atom stereocenters. The molecular weight excluding hydrogens is 484 g/mol. The number of hydrogen-bond donors (Lipinski definition) is 1. The first-order valence-corrected chi connectivity index (χ1v) is 12.1. The number of halogens is 1. The number of anilines is 1. The number of rotatable bonds is 9. The molecule has 1 amide bonds. The van der Waals surface area contributed by atoms with Crippen LogP contribution in [-0.2, 0) is 10.0 Å². The Bertz CT molecular complexity index is 1120. The van der Waals surface area contributed by atoms with Crippen molar-refractivity contribution in [2.24, 2.45) is 0 Å². The maximum absolute atomic E-state index is 12.8. The normalized spacial score (nSPS) is 11.6. The van der Waals surface area contributed by atoms with Crippen molar-refractivity contribution in [3.8, 4) is 11.5 Å².